The van der Waals surface area contributed by atoms with E-state index in [2.05, 4.69) is 5.32 Å². The summed E-state index contributed by atoms with van der Waals surface area (Å²) in [7, 11) is 0. The Kier molecular flexibility index (Phi) is 4.74. The van der Waals surface area contributed by atoms with E-state index >= 15 is 0 Å². The van der Waals surface area contributed by atoms with Gasteiger partial charge in [-0.05, 0) is 30.5 Å². The average Bonchev–Trinajstić information content (AvgIpc) is 2.54. The highest BCUT2D eigenvalue weighted by Crippen LogP contribution is 2.49. The molecular weight excluding hydrogens is 339 g/mol. The van der Waals surface area contributed by atoms with Crippen LogP contribution in [-0.2, 0) is 6.54 Å². The second-order valence-corrected chi connectivity index (χ2v) is 7.23. The minimum absolute atomic E-state index is 0.158. The molecule has 23 heavy (non-hydrogen) atoms. The van der Waals surface area contributed by atoms with E-state index in [1.54, 1.807) is 23.1 Å². The molecule has 126 valence electrons. The molecule has 0 unspecified atom stereocenters. The van der Waals surface area contributed by atoms with Crippen molar-refractivity contribution in [1.82, 2.24) is 10.2 Å². The number of piperidine rings is 1. The van der Waals surface area contributed by atoms with Crippen LogP contribution >= 0.6 is 23.2 Å². The minimum Gasteiger partial charge on any atom is -0.392 e. The number of urea groups is 1. The molecule has 2 aliphatic rings. The summed E-state index contributed by atoms with van der Waals surface area (Å²) in [6.45, 7) is 1.41. The summed E-state index contributed by atoms with van der Waals surface area (Å²) >= 11 is 11.9. The molecule has 1 heterocycles. The normalized spacial score (nSPS) is 26.0. The van der Waals surface area contributed by atoms with Gasteiger partial charge in [0.1, 0.15) is 0 Å². The number of carbonyl (C=O) groups is 1. The minimum atomic E-state index is -0.449. The van der Waals surface area contributed by atoms with Crippen molar-refractivity contribution in [2.24, 2.45) is 5.41 Å². The summed E-state index contributed by atoms with van der Waals surface area (Å²) in [5, 5.41) is 23.8. The van der Waals surface area contributed by atoms with Crippen LogP contribution in [0.1, 0.15) is 24.8 Å². The van der Waals surface area contributed by atoms with Gasteiger partial charge in [-0.1, -0.05) is 29.3 Å². The molecule has 0 bridgehead atoms. The van der Waals surface area contributed by atoms with E-state index in [4.69, 9.17) is 23.2 Å². The van der Waals surface area contributed by atoms with Gasteiger partial charge in [0.2, 0.25) is 0 Å². The second kappa shape index (κ2) is 6.48. The van der Waals surface area contributed by atoms with Crippen LogP contribution in [0.15, 0.2) is 18.2 Å². The molecule has 0 aromatic heterocycles. The Morgan fingerprint density at radius 3 is 2.48 bits per heavy atom. The van der Waals surface area contributed by atoms with Gasteiger partial charge in [0.25, 0.3) is 0 Å². The lowest BCUT2D eigenvalue weighted by Gasteiger charge is -2.54. The molecule has 2 atom stereocenters. The molecule has 3 rings (SSSR count). The lowest BCUT2D eigenvalue weighted by molar-refractivity contribution is -0.186. The third-order valence-corrected chi connectivity index (χ3v) is 5.79. The van der Waals surface area contributed by atoms with Crippen LogP contribution in [0.4, 0.5) is 4.79 Å². The van der Waals surface area contributed by atoms with Gasteiger partial charge in [0.15, 0.2) is 0 Å². The van der Waals surface area contributed by atoms with Gasteiger partial charge < -0.3 is 20.4 Å². The first-order valence-electron chi connectivity index (χ1n) is 7.75. The molecule has 5 nitrogen and oxygen atoms in total. The number of benzene rings is 1. The summed E-state index contributed by atoms with van der Waals surface area (Å²) in [6, 6.07) is 5.01. The zero-order valence-electron chi connectivity index (χ0n) is 12.6. The van der Waals surface area contributed by atoms with E-state index in [-0.39, 0.29) is 6.03 Å². The molecular formula is C16H20Cl2N2O3. The van der Waals surface area contributed by atoms with Gasteiger partial charge in [-0.3, -0.25) is 0 Å². The third-order valence-electron chi connectivity index (χ3n) is 5.20. The molecule has 1 aliphatic heterocycles. The number of amides is 2. The van der Waals surface area contributed by atoms with E-state index in [1.807, 2.05) is 0 Å². The molecule has 3 N–H and O–H groups in total. The Balaban J connectivity index is 1.52. The van der Waals surface area contributed by atoms with Crippen molar-refractivity contribution in [2.75, 3.05) is 13.1 Å². The van der Waals surface area contributed by atoms with Gasteiger partial charge in [-0.15, -0.1) is 0 Å². The van der Waals surface area contributed by atoms with Crippen molar-refractivity contribution in [2.45, 2.75) is 38.0 Å². The summed E-state index contributed by atoms with van der Waals surface area (Å²) < 4.78 is 0. The maximum atomic E-state index is 12.3. The predicted molar refractivity (Wildman–Crippen MR) is 88.6 cm³/mol. The van der Waals surface area contributed by atoms with Gasteiger partial charge in [-0.2, -0.15) is 0 Å². The second-order valence-electron chi connectivity index (χ2n) is 6.38. The first kappa shape index (κ1) is 16.8. The van der Waals surface area contributed by atoms with E-state index < -0.39 is 17.6 Å². The van der Waals surface area contributed by atoms with Gasteiger partial charge in [0, 0.05) is 41.5 Å². The highest BCUT2D eigenvalue weighted by atomic mass is 35.5. The molecule has 7 heteroatoms. The lowest BCUT2D eigenvalue weighted by Crippen LogP contribution is -2.62. The third kappa shape index (κ3) is 3.15. The molecule has 2 fully saturated rings. The number of nitrogens with zero attached hydrogens (tertiary/aromatic N) is 1. The fraction of sp³-hybridized carbons (Fsp3) is 0.562. The number of nitrogens with one attached hydrogen (secondary N) is 1. The molecule has 1 aromatic rings. The van der Waals surface area contributed by atoms with Crippen LogP contribution in [0, 0.1) is 5.41 Å². The van der Waals surface area contributed by atoms with Gasteiger partial charge in [-0.25, -0.2) is 4.79 Å². The molecule has 1 aliphatic carbocycles. The average molecular weight is 359 g/mol. The monoisotopic (exact) mass is 358 g/mol. The molecule has 1 spiro atoms. The maximum Gasteiger partial charge on any atom is 0.317 e. The smallest absolute Gasteiger partial charge is 0.317 e. The van der Waals surface area contributed by atoms with Gasteiger partial charge in [0.05, 0.1) is 12.2 Å². The van der Waals surface area contributed by atoms with E-state index in [9.17, 15) is 15.0 Å². The van der Waals surface area contributed by atoms with Crippen LogP contribution < -0.4 is 5.32 Å². The Bertz CT molecular complexity index is 593. The van der Waals surface area contributed by atoms with Crippen molar-refractivity contribution in [3.8, 4) is 0 Å². The van der Waals surface area contributed by atoms with Crippen molar-refractivity contribution in [3.05, 3.63) is 33.8 Å². The van der Waals surface area contributed by atoms with Gasteiger partial charge >= 0.3 is 6.03 Å². The number of hydrogen-bond donors (Lipinski definition) is 3. The van der Waals surface area contributed by atoms with E-state index in [1.165, 1.54) is 0 Å². The predicted octanol–water partition coefficient (Wildman–Crippen LogP) is 2.41. The summed E-state index contributed by atoms with van der Waals surface area (Å²) in [5.41, 5.74) is 0.402. The SMILES string of the molecule is O=C(NCc1ccc(Cl)cc1Cl)N1CCC2(CC1)[C@H](O)C[C@@H]2O. The molecule has 2 amide bonds. The molecule has 1 saturated carbocycles. The first-order valence-corrected chi connectivity index (χ1v) is 8.51. The summed E-state index contributed by atoms with van der Waals surface area (Å²) in [4.78, 5) is 14.0. The standard InChI is InChI=1S/C16H20Cl2N2O3/c17-11-2-1-10(12(18)7-11)9-19-15(23)20-5-3-16(4-6-20)13(21)8-14(16)22/h1-2,7,13-14,21-22H,3-6,8-9H2,(H,19,23)/t13-,14+. The van der Waals surface area contributed by atoms with Crippen LogP contribution in [0.5, 0.6) is 0 Å². The van der Waals surface area contributed by atoms with E-state index in [0.29, 0.717) is 48.9 Å². The number of rotatable bonds is 2. The fourth-order valence-electron chi connectivity index (χ4n) is 3.48. The largest absolute Gasteiger partial charge is 0.392 e. The summed E-state index contributed by atoms with van der Waals surface area (Å²) in [5.74, 6) is 0. The van der Waals surface area contributed by atoms with E-state index in [0.717, 1.165) is 5.56 Å². The maximum absolute atomic E-state index is 12.3. The molecule has 0 radical (unpaired) electrons. The van der Waals surface area contributed by atoms with Crippen molar-refractivity contribution < 1.29 is 15.0 Å². The first-order chi connectivity index (χ1) is 10.9. The van der Waals surface area contributed by atoms with Crippen LogP contribution in [-0.4, -0.2) is 46.4 Å². The highest BCUT2D eigenvalue weighted by molar-refractivity contribution is 6.35. The van der Waals surface area contributed by atoms with Crippen molar-refractivity contribution in [1.29, 1.82) is 0 Å². The Morgan fingerprint density at radius 1 is 1.26 bits per heavy atom. The number of hydrogen-bond acceptors (Lipinski definition) is 3. The zero-order chi connectivity index (χ0) is 16.6. The fourth-order valence-corrected chi connectivity index (χ4v) is 3.96. The zero-order valence-corrected chi connectivity index (χ0v) is 14.1. The lowest BCUT2D eigenvalue weighted by atomic mass is 9.58. The number of carbonyl (C=O) groups excluding carboxylic acids is 1. The Morgan fingerprint density at radius 2 is 1.91 bits per heavy atom. The number of aliphatic hydroxyl groups is 2. The topological polar surface area (TPSA) is 72.8 Å². The van der Waals surface area contributed by atoms with Crippen LogP contribution in [0.25, 0.3) is 0 Å². The summed E-state index contributed by atoms with van der Waals surface area (Å²) in [6.07, 6.45) is 0.807. The van der Waals surface area contributed by atoms with Crippen molar-refractivity contribution in [3.63, 3.8) is 0 Å². The Labute approximate surface area is 145 Å². The number of aliphatic hydroxyl groups excluding tert-OH is 2. The van der Waals surface area contributed by atoms with Crippen molar-refractivity contribution >= 4 is 29.2 Å². The number of likely N-dealkylation sites (tertiary alicyclic amines) is 1. The number of halogens is 2. The molecule has 1 aromatic carbocycles. The highest BCUT2D eigenvalue weighted by Gasteiger charge is 2.55. The molecule has 1 saturated heterocycles. The Hall–Kier alpha value is -1.01. The quantitative estimate of drug-likeness (QED) is 0.759. The van der Waals surface area contributed by atoms with Crippen LogP contribution in [0.2, 0.25) is 10.0 Å². The van der Waals surface area contributed by atoms with Crippen LogP contribution in [0.3, 0.4) is 0 Å².